The smallest absolute Gasteiger partial charge is 0.326 e. The van der Waals surface area contributed by atoms with Gasteiger partial charge in [0.25, 0.3) is 0 Å². The maximum absolute atomic E-state index is 14.8. The van der Waals surface area contributed by atoms with Crippen LogP contribution in [-0.4, -0.2) is 98.8 Å². The Hall–Kier alpha value is -4.18. The van der Waals surface area contributed by atoms with Crippen LogP contribution in [0.3, 0.4) is 0 Å². The number of hydrogen-bond donors (Lipinski definition) is 3. The van der Waals surface area contributed by atoms with Crippen LogP contribution >= 0.6 is 0 Å². The van der Waals surface area contributed by atoms with Crippen molar-refractivity contribution in [1.29, 1.82) is 0 Å². The van der Waals surface area contributed by atoms with Crippen molar-refractivity contribution < 1.29 is 24.3 Å². The van der Waals surface area contributed by atoms with Gasteiger partial charge in [-0.2, -0.15) is 0 Å². The maximum atomic E-state index is 14.8. The number of H-pyrrole nitrogens is 1. The second-order valence-corrected chi connectivity index (χ2v) is 13.5. The minimum Gasteiger partial charge on any atom is -0.480 e. The number of amides is 3. The van der Waals surface area contributed by atoms with E-state index in [0.717, 1.165) is 22.0 Å². The minimum atomic E-state index is -1.03. The summed E-state index contributed by atoms with van der Waals surface area (Å²) in [5, 5.41) is 14.4. The first-order valence-corrected chi connectivity index (χ1v) is 16.5. The zero-order valence-electron chi connectivity index (χ0n) is 27.3. The topological polar surface area (TPSA) is 126 Å². The van der Waals surface area contributed by atoms with Gasteiger partial charge in [-0.25, -0.2) is 4.79 Å². The molecule has 3 N–H and O–H groups in total. The van der Waals surface area contributed by atoms with Gasteiger partial charge >= 0.3 is 5.97 Å². The number of nitrogens with one attached hydrogen (secondary N) is 2. The molecule has 2 aliphatic heterocycles. The summed E-state index contributed by atoms with van der Waals surface area (Å²) in [6, 6.07) is 14.7. The highest BCUT2D eigenvalue weighted by atomic mass is 16.4. The van der Waals surface area contributed by atoms with E-state index in [2.05, 4.69) is 10.3 Å². The Balaban J connectivity index is 1.48. The van der Waals surface area contributed by atoms with Crippen LogP contribution in [0.4, 0.5) is 0 Å². The van der Waals surface area contributed by atoms with Gasteiger partial charge in [0.1, 0.15) is 18.1 Å². The number of aromatic amines is 1. The van der Waals surface area contributed by atoms with E-state index in [-0.39, 0.29) is 42.6 Å². The van der Waals surface area contributed by atoms with E-state index in [1.54, 1.807) is 9.80 Å². The maximum Gasteiger partial charge on any atom is 0.326 e. The van der Waals surface area contributed by atoms with Crippen LogP contribution in [-0.2, 0) is 32.0 Å². The van der Waals surface area contributed by atoms with Crippen molar-refractivity contribution in [2.24, 2.45) is 11.8 Å². The monoisotopic (exact) mass is 629 g/mol. The Bertz CT molecular complexity index is 1540. The standard InChI is InChI=1S/C36H47N5O5/c1-23(2)18-30-34(43)41(32(36(45)46)19-24(3)4)17-16-40(30)35(44)31(21-26-22-38-28-13-9-8-12-27(26)28)39-15-14-37-29(33(39)42)20-25-10-6-5-7-11-25/h5-13,22-24,29-32,37-38H,14-21H2,1-4H3,(H,45,46)/t29-,30-,31-,32-/m0/s1. The third-order valence-electron chi connectivity index (χ3n) is 9.22. The fraction of sp³-hybridized carbons (Fsp3) is 0.500. The summed E-state index contributed by atoms with van der Waals surface area (Å²) >= 11 is 0. The predicted octanol–water partition coefficient (Wildman–Crippen LogP) is 3.71. The highest BCUT2D eigenvalue weighted by Gasteiger charge is 2.46. The molecule has 0 unspecified atom stereocenters. The lowest BCUT2D eigenvalue weighted by Crippen LogP contribution is -2.67. The molecule has 1 aromatic heterocycles. The first-order chi connectivity index (χ1) is 22.0. The van der Waals surface area contributed by atoms with Crippen molar-refractivity contribution in [2.45, 2.75) is 77.5 Å². The van der Waals surface area contributed by atoms with Crippen LogP contribution in [0.25, 0.3) is 10.9 Å². The zero-order chi connectivity index (χ0) is 33.0. The summed E-state index contributed by atoms with van der Waals surface area (Å²) in [6.07, 6.45) is 3.44. The lowest BCUT2D eigenvalue weighted by Gasteiger charge is -2.46. The summed E-state index contributed by atoms with van der Waals surface area (Å²) < 4.78 is 0. The van der Waals surface area contributed by atoms with E-state index in [9.17, 15) is 24.3 Å². The van der Waals surface area contributed by atoms with Gasteiger partial charge in [-0.3, -0.25) is 14.4 Å². The summed E-state index contributed by atoms with van der Waals surface area (Å²) in [5.41, 5.74) is 2.90. The molecule has 0 spiro atoms. The number of para-hydroxylation sites is 1. The number of carbonyl (C=O) groups excluding carboxylic acids is 3. The Kier molecular flexibility index (Phi) is 10.5. The molecule has 46 heavy (non-hydrogen) atoms. The molecule has 3 aromatic rings. The van der Waals surface area contributed by atoms with Gasteiger partial charge in [0.15, 0.2) is 0 Å². The van der Waals surface area contributed by atoms with Crippen LogP contribution in [0.15, 0.2) is 60.8 Å². The third kappa shape index (κ3) is 7.28. The molecule has 2 aromatic carbocycles. The van der Waals surface area contributed by atoms with E-state index in [1.165, 1.54) is 4.90 Å². The van der Waals surface area contributed by atoms with E-state index in [0.29, 0.717) is 38.8 Å². The molecule has 5 rings (SSSR count). The first-order valence-electron chi connectivity index (χ1n) is 16.5. The SMILES string of the molecule is CC(C)C[C@@H](C(=O)O)N1CCN(C(=O)[C@H](Cc2c[nH]c3ccccc23)N2CCN[C@@H](Cc3ccccc3)C2=O)[C@@H](CC(C)C)C1=O. The number of piperazine rings is 2. The van der Waals surface area contributed by atoms with E-state index in [1.807, 2.05) is 88.5 Å². The second kappa shape index (κ2) is 14.5. The molecule has 4 atom stereocenters. The minimum absolute atomic E-state index is 0.0835. The molecule has 0 bridgehead atoms. The normalized spacial score (nSPS) is 20.5. The van der Waals surface area contributed by atoms with Crippen molar-refractivity contribution in [1.82, 2.24) is 25.0 Å². The van der Waals surface area contributed by atoms with Crippen LogP contribution in [0.2, 0.25) is 0 Å². The molecular formula is C36H47N5O5. The molecule has 10 heteroatoms. The molecule has 0 radical (unpaired) electrons. The van der Waals surface area contributed by atoms with Crippen molar-refractivity contribution in [3.05, 3.63) is 71.9 Å². The van der Waals surface area contributed by atoms with E-state index >= 15 is 0 Å². The molecular weight excluding hydrogens is 582 g/mol. The van der Waals surface area contributed by atoms with Crippen LogP contribution in [0.5, 0.6) is 0 Å². The Morgan fingerprint density at radius 2 is 1.57 bits per heavy atom. The average Bonchev–Trinajstić information content (AvgIpc) is 3.43. The van der Waals surface area contributed by atoms with Crippen molar-refractivity contribution in [3.8, 4) is 0 Å². The van der Waals surface area contributed by atoms with Gasteiger partial charge in [0, 0.05) is 49.7 Å². The van der Waals surface area contributed by atoms with Crippen molar-refractivity contribution in [3.63, 3.8) is 0 Å². The lowest BCUT2D eigenvalue weighted by atomic mass is 9.93. The van der Waals surface area contributed by atoms with Crippen LogP contribution < -0.4 is 5.32 Å². The lowest BCUT2D eigenvalue weighted by molar-refractivity contribution is -0.164. The molecule has 2 fully saturated rings. The van der Waals surface area contributed by atoms with Gasteiger partial charge < -0.3 is 30.1 Å². The first kappa shape index (κ1) is 33.2. The fourth-order valence-electron chi connectivity index (χ4n) is 6.97. The summed E-state index contributed by atoms with van der Waals surface area (Å²) in [6.45, 7) is 9.12. The summed E-state index contributed by atoms with van der Waals surface area (Å²) in [7, 11) is 0. The van der Waals surface area contributed by atoms with Crippen molar-refractivity contribution in [2.75, 3.05) is 26.2 Å². The van der Waals surface area contributed by atoms with E-state index in [4.69, 9.17) is 0 Å². The number of aromatic nitrogens is 1. The molecule has 2 saturated heterocycles. The number of carboxylic acids is 1. The molecule has 0 aliphatic carbocycles. The highest BCUT2D eigenvalue weighted by molar-refractivity contribution is 5.96. The van der Waals surface area contributed by atoms with Gasteiger partial charge in [0.2, 0.25) is 17.7 Å². The zero-order valence-corrected chi connectivity index (χ0v) is 27.3. The number of carbonyl (C=O) groups is 4. The van der Waals surface area contributed by atoms with Gasteiger partial charge in [0.05, 0.1) is 6.04 Å². The molecule has 10 nitrogen and oxygen atoms in total. The van der Waals surface area contributed by atoms with Gasteiger partial charge in [-0.05, 0) is 48.3 Å². The largest absolute Gasteiger partial charge is 0.480 e. The van der Waals surface area contributed by atoms with Crippen LogP contribution in [0, 0.1) is 11.8 Å². The Labute approximate surface area is 271 Å². The average molecular weight is 630 g/mol. The molecule has 3 amide bonds. The van der Waals surface area contributed by atoms with Crippen molar-refractivity contribution >= 4 is 34.6 Å². The Morgan fingerprint density at radius 1 is 0.870 bits per heavy atom. The molecule has 3 heterocycles. The molecule has 246 valence electrons. The predicted molar refractivity (Wildman–Crippen MR) is 177 cm³/mol. The number of aliphatic carboxylic acids is 1. The number of nitrogens with zero attached hydrogens (tertiary/aromatic N) is 3. The highest BCUT2D eigenvalue weighted by Crippen LogP contribution is 2.28. The Morgan fingerprint density at radius 3 is 2.26 bits per heavy atom. The molecule has 2 aliphatic rings. The number of rotatable bonds is 12. The fourth-order valence-corrected chi connectivity index (χ4v) is 6.97. The number of hydrogen-bond acceptors (Lipinski definition) is 5. The van der Waals surface area contributed by atoms with Gasteiger partial charge in [-0.1, -0.05) is 76.2 Å². The third-order valence-corrected chi connectivity index (χ3v) is 9.22. The second-order valence-electron chi connectivity index (χ2n) is 13.5. The number of benzene rings is 2. The summed E-state index contributed by atoms with van der Waals surface area (Å²) in [4.78, 5) is 63.4. The quantitative estimate of drug-likeness (QED) is 0.281. The summed E-state index contributed by atoms with van der Waals surface area (Å²) in [5.74, 6) is -1.60. The molecule has 0 saturated carbocycles. The number of fused-ring (bicyclic) bond motifs is 1. The van der Waals surface area contributed by atoms with E-state index < -0.39 is 30.1 Å². The van der Waals surface area contributed by atoms with Crippen LogP contribution in [0.1, 0.15) is 51.7 Å². The number of carboxylic acid groups (broad SMARTS) is 1. The van der Waals surface area contributed by atoms with Gasteiger partial charge in [-0.15, -0.1) is 0 Å².